The molecule has 1 aromatic heterocycles. The quantitative estimate of drug-likeness (QED) is 0.660. The van der Waals surface area contributed by atoms with Gasteiger partial charge in [0.2, 0.25) is 0 Å². The van der Waals surface area contributed by atoms with Gasteiger partial charge in [-0.25, -0.2) is 9.97 Å². The average molecular weight is 374 g/mol. The molecule has 2 N–H and O–H groups in total. The van der Waals surface area contributed by atoms with Crippen LogP contribution < -0.4 is 15.4 Å². The maximum atomic E-state index is 12.7. The van der Waals surface area contributed by atoms with Crippen molar-refractivity contribution >= 4 is 11.7 Å². The number of nitrogens with zero attached hydrogens (tertiary/aromatic N) is 2. The van der Waals surface area contributed by atoms with Crippen LogP contribution in [-0.2, 0) is 6.54 Å². The number of carbonyl (C=O) groups excluding carboxylic acids is 1. The minimum Gasteiger partial charge on any atom is -0.497 e. The molecule has 4 rings (SSSR count). The summed E-state index contributed by atoms with van der Waals surface area (Å²) in [5, 5.41) is 6.29. The number of benzene rings is 2. The topological polar surface area (TPSA) is 76.1 Å². The molecule has 1 amide bonds. The first-order valence-electron chi connectivity index (χ1n) is 9.33. The summed E-state index contributed by atoms with van der Waals surface area (Å²) in [5.74, 6) is 1.79. The second kappa shape index (κ2) is 8.08. The van der Waals surface area contributed by atoms with Gasteiger partial charge < -0.3 is 15.4 Å². The van der Waals surface area contributed by atoms with Crippen LogP contribution >= 0.6 is 0 Å². The van der Waals surface area contributed by atoms with Crippen LogP contribution in [0.25, 0.3) is 11.4 Å². The number of rotatable bonds is 7. The van der Waals surface area contributed by atoms with E-state index >= 15 is 0 Å². The highest BCUT2D eigenvalue weighted by molar-refractivity contribution is 5.93. The molecule has 1 aliphatic carbocycles. The number of hydrogen-bond acceptors (Lipinski definition) is 5. The predicted octanol–water partition coefficient (Wildman–Crippen LogP) is 3.66. The lowest BCUT2D eigenvalue weighted by atomic mass is 10.2. The van der Waals surface area contributed by atoms with Gasteiger partial charge in [-0.2, -0.15) is 0 Å². The molecule has 1 aliphatic rings. The molecular weight excluding hydrogens is 352 g/mol. The van der Waals surface area contributed by atoms with Crippen LogP contribution in [0.3, 0.4) is 0 Å². The van der Waals surface area contributed by atoms with Crippen LogP contribution in [0.5, 0.6) is 5.75 Å². The maximum absolute atomic E-state index is 12.7. The summed E-state index contributed by atoms with van der Waals surface area (Å²) in [6.45, 7) is 0.416. The van der Waals surface area contributed by atoms with E-state index in [9.17, 15) is 4.79 Å². The molecule has 3 aromatic rings. The van der Waals surface area contributed by atoms with Gasteiger partial charge in [-0.15, -0.1) is 0 Å². The van der Waals surface area contributed by atoms with Gasteiger partial charge in [0, 0.05) is 24.2 Å². The summed E-state index contributed by atoms with van der Waals surface area (Å²) < 4.78 is 5.16. The van der Waals surface area contributed by atoms with Gasteiger partial charge >= 0.3 is 0 Å². The van der Waals surface area contributed by atoms with E-state index < -0.39 is 0 Å². The van der Waals surface area contributed by atoms with E-state index in [4.69, 9.17) is 4.74 Å². The van der Waals surface area contributed by atoms with Crippen molar-refractivity contribution in [1.29, 1.82) is 0 Å². The Balaban J connectivity index is 1.53. The third-order valence-corrected chi connectivity index (χ3v) is 4.53. The Labute approximate surface area is 164 Å². The molecule has 0 saturated heterocycles. The van der Waals surface area contributed by atoms with Crippen molar-refractivity contribution in [2.24, 2.45) is 0 Å². The Morgan fingerprint density at radius 3 is 2.50 bits per heavy atom. The van der Waals surface area contributed by atoms with Gasteiger partial charge in [0.05, 0.1) is 7.11 Å². The minimum absolute atomic E-state index is 0.228. The third-order valence-electron chi connectivity index (χ3n) is 4.53. The summed E-state index contributed by atoms with van der Waals surface area (Å²) in [5.41, 5.74) is 2.22. The Hall–Kier alpha value is -3.41. The van der Waals surface area contributed by atoms with Crippen molar-refractivity contribution in [2.45, 2.75) is 25.4 Å². The first-order valence-corrected chi connectivity index (χ1v) is 9.33. The fraction of sp³-hybridized carbons (Fsp3) is 0.227. The van der Waals surface area contributed by atoms with Gasteiger partial charge in [0.1, 0.15) is 17.3 Å². The highest BCUT2D eigenvalue weighted by Crippen LogP contribution is 2.25. The number of carbonyl (C=O) groups is 1. The zero-order chi connectivity index (χ0) is 19.3. The monoisotopic (exact) mass is 374 g/mol. The van der Waals surface area contributed by atoms with Crippen molar-refractivity contribution < 1.29 is 9.53 Å². The van der Waals surface area contributed by atoms with Crippen molar-refractivity contribution in [2.75, 3.05) is 12.4 Å². The predicted molar refractivity (Wildman–Crippen MR) is 108 cm³/mol. The molecule has 1 fully saturated rings. The largest absolute Gasteiger partial charge is 0.497 e. The number of hydrogen-bond donors (Lipinski definition) is 2. The summed E-state index contributed by atoms with van der Waals surface area (Å²) in [7, 11) is 1.63. The fourth-order valence-electron chi connectivity index (χ4n) is 2.81. The molecule has 0 radical (unpaired) electrons. The normalized spacial score (nSPS) is 13.0. The second-order valence-corrected chi connectivity index (χ2v) is 6.78. The van der Waals surface area contributed by atoms with E-state index in [1.807, 2.05) is 54.6 Å². The van der Waals surface area contributed by atoms with Crippen LogP contribution in [-0.4, -0.2) is 29.0 Å². The number of ether oxygens (including phenoxy) is 1. The highest BCUT2D eigenvalue weighted by Gasteiger charge is 2.22. The van der Waals surface area contributed by atoms with Gasteiger partial charge in [-0.3, -0.25) is 4.79 Å². The summed E-state index contributed by atoms with van der Waals surface area (Å²) in [6, 6.07) is 19.4. The van der Waals surface area contributed by atoms with E-state index in [0.717, 1.165) is 29.7 Å². The first-order chi connectivity index (χ1) is 13.7. The Morgan fingerprint density at radius 2 is 1.82 bits per heavy atom. The molecule has 0 unspecified atom stereocenters. The van der Waals surface area contributed by atoms with Gasteiger partial charge in [0.15, 0.2) is 5.82 Å². The lowest BCUT2D eigenvalue weighted by molar-refractivity contribution is 0.0946. The zero-order valence-electron chi connectivity index (χ0n) is 15.7. The molecule has 0 aliphatic heterocycles. The van der Waals surface area contributed by atoms with E-state index in [-0.39, 0.29) is 5.91 Å². The maximum Gasteiger partial charge on any atom is 0.270 e. The van der Waals surface area contributed by atoms with E-state index in [0.29, 0.717) is 29.9 Å². The molecule has 0 atom stereocenters. The Bertz CT molecular complexity index is 954. The van der Waals surface area contributed by atoms with Gasteiger partial charge in [0.25, 0.3) is 5.91 Å². The van der Waals surface area contributed by atoms with Crippen LogP contribution in [0, 0.1) is 0 Å². The Kier molecular flexibility index (Phi) is 5.19. The summed E-state index contributed by atoms with van der Waals surface area (Å²) in [6.07, 6.45) is 2.26. The third kappa shape index (κ3) is 4.46. The first kappa shape index (κ1) is 18.0. The van der Waals surface area contributed by atoms with Crippen LogP contribution in [0.2, 0.25) is 0 Å². The number of amides is 1. The van der Waals surface area contributed by atoms with Crippen molar-refractivity contribution in [3.05, 3.63) is 71.9 Å². The zero-order valence-corrected chi connectivity index (χ0v) is 15.7. The number of methoxy groups -OCH3 is 1. The number of anilines is 1. The second-order valence-electron chi connectivity index (χ2n) is 6.78. The SMILES string of the molecule is COc1ccc(CNC(=O)c2cc(NC3CC3)nc(-c3ccccc3)n2)cc1. The van der Waals surface area contributed by atoms with Gasteiger partial charge in [-0.1, -0.05) is 42.5 Å². The van der Waals surface area contributed by atoms with Crippen LogP contribution in [0.4, 0.5) is 5.82 Å². The molecule has 6 heteroatoms. The lowest BCUT2D eigenvalue weighted by Gasteiger charge is -2.10. The number of aromatic nitrogens is 2. The molecular formula is C22H22N4O2. The van der Waals surface area contributed by atoms with E-state index in [1.165, 1.54) is 0 Å². The fourth-order valence-corrected chi connectivity index (χ4v) is 2.81. The molecule has 0 bridgehead atoms. The standard InChI is InChI=1S/C22H22N4O2/c1-28-18-11-7-15(8-12-18)14-23-22(27)19-13-20(24-17-9-10-17)26-21(25-19)16-5-3-2-4-6-16/h2-8,11-13,17H,9-10,14H2,1H3,(H,23,27)(H,24,25,26). The highest BCUT2D eigenvalue weighted by atomic mass is 16.5. The molecule has 28 heavy (non-hydrogen) atoms. The molecule has 1 saturated carbocycles. The average Bonchev–Trinajstić information content (AvgIpc) is 3.56. The minimum atomic E-state index is -0.228. The van der Waals surface area contributed by atoms with Crippen LogP contribution in [0.15, 0.2) is 60.7 Å². The lowest BCUT2D eigenvalue weighted by Crippen LogP contribution is -2.24. The molecule has 6 nitrogen and oxygen atoms in total. The smallest absolute Gasteiger partial charge is 0.270 e. The van der Waals surface area contributed by atoms with Crippen molar-refractivity contribution in [3.63, 3.8) is 0 Å². The molecule has 142 valence electrons. The van der Waals surface area contributed by atoms with E-state index in [2.05, 4.69) is 20.6 Å². The van der Waals surface area contributed by atoms with Crippen molar-refractivity contribution in [1.82, 2.24) is 15.3 Å². The van der Waals surface area contributed by atoms with E-state index in [1.54, 1.807) is 13.2 Å². The number of nitrogens with one attached hydrogen (secondary N) is 2. The van der Waals surface area contributed by atoms with Gasteiger partial charge in [-0.05, 0) is 30.5 Å². The Morgan fingerprint density at radius 1 is 1.07 bits per heavy atom. The summed E-state index contributed by atoms with van der Waals surface area (Å²) in [4.78, 5) is 21.8. The van der Waals surface area contributed by atoms with Crippen LogP contribution in [0.1, 0.15) is 28.9 Å². The molecule has 0 spiro atoms. The molecule has 2 aromatic carbocycles. The van der Waals surface area contributed by atoms with Crippen molar-refractivity contribution in [3.8, 4) is 17.1 Å². The molecule has 1 heterocycles. The summed E-state index contributed by atoms with van der Waals surface area (Å²) >= 11 is 0.